The van der Waals surface area contributed by atoms with Gasteiger partial charge in [0.15, 0.2) is 0 Å². The predicted octanol–water partition coefficient (Wildman–Crippen LogP) is 3.23. The molecule has 1 aromatic carbocycles. The van der Waals surface area contributed by atoms with Crippen molar-refractivity contribution in [3.8, 4) is 5.75 Å². The molecule has 1 aliphatic carbocycles. The first-order chi connectivity index (χ1) is 10.3. The molecule has 0 amide bonds. The Morgan fingerprint density at radius 2 is 2.14 bits per heavy atom. The van der Waals surface area contributed by atoms with E-state index in [1.54, 1.807) is 7.11 Å². The molecule has 0 saturated carbocycles. The van der Waals surface area contributed by atoms with E-state index in [9.17, 15) is 0 Å². The molecule has 1 aromatic rings. The van der Waals surface area contributed by atoms with Crippen LogP contribution in [0.1, 0.15) is 42.7 Å². The number of methoxy groups -OCH3 is 1. The highest BCUT2D eigenvalue weighted by Crippen LogP contribution is 2.40. The molecule has 21 heavy (non-hydrogen) atoms. The summed E-state index contributed by atoms with van der Waals surface area (Å²) >= 11 is 0. The van der Waals surface area contributed by atoms with Gasteiger partial charge in [0.05, 0.1) is 6.61 Å². The summed E-state index contributed by atoms with van der Waals surface area (Å²) in [5, 5.41) is 0. The second-order valence-electron chi connectivity index (χ2n) is 6.45. The zero-order valence-electron chi connectivity index (χ0n) is 13.3. The maximum Gasteiger partial charge on any atom is 0.119 e. The second kappa shape index (κ2) is 6.80. The average molecular weight is 289 g/mol. The molecule has 2 aliphatic rings. The quantitative estimate of drug-likeness (QED) is 0.751. The lowest BCUT2D eigenvalue weighted by molar-refractivity contribution is 0.146. The Balaban J connectivity index is 1.66. The molecular formula is C18H27NO2. The van der Waals surface area contributed by atoms with E-state index in [-0.39, 0.29) is 0 Å². The molecule has 3 nitrogen and oxygen atoms in total. The highest BCUT2D eigenvalue weighted by molar-refractivity contribution is 5.41. The van der Waals surface area contributed by atoms with Crippen LogP contribution in [0.15, 0.2) is 18.2 Å². The number of likely N-dealkylation sites (tertiary alicyclic amines) is 1. The molecule has 3 rings (SSSR count). The van der Waals surface area contributed by atoms with Crippen molar-refractivity contribution < 1.29 is 9.47 Å². The maximum atomic E-state index is 5.78. The Kier molecular flexibility index (Phi) is 4.81. The van der Waals surface area contributed by atoms with Gasteiger partial charge >= 0.3 is 0 Å². The van der Waals surface area contributed by atoms with Gasteiger partial charge in [-0.3, -0.25) is 0 Å². The summed E-state index contributed by atoms with van der Waals surface area (Å²) in [5.74, 6) is 1.72. The van der Waals surface area contributed by atoms with Crippen molar-refractivity contribution in [3.05, 3.63) is 29.3 Å². The normalized spacial score (nSPS) is 25.2. The zero-order valence-corrected chi connectivity index (χ0v) is 13.3. The van der Waals surface area contributed by atoms with E-state index in [0.29, 0.717) is 13.2 Å². The van der Waals surface area contributed by atoms with Crippen LogP contribution < -0.4 is 4.74 Å². The van der Waals surface area contributed by atoms with Gasteiger partial charge in [-0.05, 0) is 74.9 Å². The van der Waals surface area contributed by atoms with Gasteiger partial charge in [-0.2, -0.15) is 0 Å². The molecule has 3 heteroatoms. The van der Waals surface area contributed by atoms with Gasteiger partial charge in [-0.15, -0.1) is 0 Å². The van der Waals surface area contributed by atoms with Gasteiger partial charge in [0, 0.05) is 13.2 Å². The number of nitrogens with zero attached hydrogens (tertiary/aromatic N) is 1. The fourth-order valence-electron chi connectivity index (χ4n) is 3.85. The van der Waals surface area contributed by atoms with Gasteiger partial charge in [0.2, 0.25) is 0 Å². The minimum atomic E-state index is 0.630. The van der Waals surface area contributed by atoms with Crippen LogP contribution >= 0.6 is 0 Å². The zero-order chi connectivity index (χ0) is 14.7. The Labute approximate surface area is 128 Å². The second-order valence-corrected chi connectivity index (χ2v) is 6.45. The van der Waals surface area contributed by atoms with Crippen molar-refractivity contribution in [2.45, 2.75) is 44.1 Å². The number of benzene rings is 1. The summed E-state index contributed by atoms with van der Waals surface area (Å²) in [5.41, 5.74) is 3.06. The number of rotatable bonds is 6. The van der Waals surface area contributed by atoms with Crippen LogP contribution in [-0.4, -0.2) is 44.9 Å². The predicted molar refractivity (Wildman–Crippen MR) is 85.1 cm³/mol. The molecule has 1 saturated heterocycles. The SMILES string of the molecule is COCCOc1ccc2c(c1)[C@H](C[C@H]1CCCN1C)CC2. The Hall–Kier alpha value is -1.06. The van der Waals surface area contributed by atoms with E-state index in [4.69, 9.17) is 9.47 Å². The molecule has 0 bridgehead atoms. The first kappa shape index (κ1) is 14.9. The van der Waals surface area contributed by atoms with Crippen molar-refractivity contribution in [1.29, 1.82) is 0 Å². The summed E-state index contributed by atoms with van der Waals surface area (Å²) in [6.45, 7) is 2.54. The van der Waals surface area contributed by atoms with Crippen LogP contribution in [0.5, 0.6) is 5.75 Å². The summed E-state index contributed by atoms with van der Waals surface area (Å²) in [6.07, 6.45) is 6.58. The molecule has 116 valence electrons. The van der Waals surface area contributed by atoms with E-state index in [1.807, 2.05) is 0 Å². The van der Waals surface area contributed by atoms with E-state index in [1.165, 1.54) is 49.8 Å². The molecule has 0 unspecified atom stereocenters. The van der Waals surface area contributed by atoms with Gasteiger partial charge in [-0.1, -0.05) is 6.07 Å². The summed E-state index contributed by atoms with van der Waals surface area (Å²) in [4.78, 5) is 2.54. The van der Waals surface area contributed by atoms with Gasteiger partial charge in [0.1, 0.15) is 12.4 Å². The van der Waals surface area contributed by atoms with E-state index >= 15 is 0 Å². The van der Waals surface area contributed by atoms with Crippen molar-refractivity contribution in [3.63, 3.8) is 0 Å². The van der Waals surface area contributed by atoms with Gasteiger partial charge in [-0.25, -0.2) is 0 Å². The molecule has 2 atom stereocenters. The fourth-order valence-corrected chi connectivity index (χ4v) is 3.85. The van der Waals surface area contributed by atoms with Gasteiger partial charge < -0.3 is 14.4 Å². The Morgan fingerprint density at radius 1 is 1.24 bits per heavy atom. The third kappa shape index (κ3) is 3.41. The van der Waals surface area contributed by atoms with Crippen molar-refractivity contribution in [2.24, 2.45) is 0 Å². The van der Waals surface area contributed by atoms with Crippen LogP contribution in [0.2, 0.25) is 0 Å². The number of hydrogen-bond donors (Lipinski definition) is 0. The molecule has 0 radical (unpaired) electrons. The fraction of sp³-hybridized carbons (Fsp3) is 0.667. The summed E-state index contributed by atoms with van der Waals surface area (Å²) in [6, 6.07) is 7.42. The average Bonchev–Trinajstić information content (AvgIpc) is 3.07. The summed E-state index contributed by atoms with van der Waals surface area (Å²) < 4.78 is 10.8. The standard InChI is InChI=1S/C18H27NO2/c1-19-9-3-4-16(19)12-15-6-5-14-7-8-17(13-18(14)15)21-11-10-20-2/h7-8,13,15-16H,3-6,9-12H2,1-2H3/t15-,16+/m0/s1. The molecule has 0 N–H and O–H groups in total. The number of hydrogen-bond acceptors (Lipinski definition) is 3. The van der Waals surface area contributed by atoms with Crippen molar-refractivity contribution in [2.75, 3.05) is 33.9 Å². The first-order valence-electron chi connectivity index (χ1n) is 8.22. The Bertz CT molecular complexity index is 474. The maximum absolute atomic E-state index is 5.78. The first-order valence-corrected chi connectivity index (χ1v) is 8.22. The van der Waals surface area contributed by atoms with Crippen LogP contribution in [-0.2, 0) is 11.2 Å². The lowest BCUT2D eigenvalue weighted by Crippen LogP contribution is -2.26. The van der Waals surface area contributed by atoms with E-state index in [2.05, 4.69) is 30.1 Å². The van der Waals surface area contributed by atoms with Crippen LogP contribution in [0.25, 0.3) is 0 Å². The van der Waals surface area contributed by atoms with E-state index in [0.717, 1.165) is 17.7 Å². The minimum Gasteiger partial charge on any atom is -0.491 e. The number of aryl methyl sites for hydroxylation is 1. The molecule has 0 aromatic heterocycles. The van der Waals surface area contributed by atoms with Crippen molar-refractivity contribution >= 4 is 0 Å². The molecule has 1 fully saturated rings. The minimum absolute atomic E-state index is 0.630. The van der Waals surface area contributed by atoms with Crippen LogP contribution in [0.3, 0.4) is 0 Å². The van der Waals surface area contributed by atoms with Crippen molar-refractivity contribution in [1.82, 2.24) is 4.90 Å². The lowest BCUT2D eigenvalue weighted by atomic mass is 9.92. The largest absolute Gasteiger partial charge is 0.491 e. The number of fused-ring (bicyclic) bond motifs is 1. The molecular weight excluding hydrogens is 262 g/mol. The van der Waals surface area contributed by atoms with E-state index < -0.39 is 0 Å². The van der Waals surface area contributed by atoms with Gasteiger partial charge in [0.25, 0.3) is 0 Å². The monoisotopic (exact) mass is 289 g/mol. The smallest absolute Gasteiger partial charge is 0.119 e. The molecule has 0 spiro atoms. The summed E-state index contributed by atoms with van der Waals surface area (Å²) in [7, 11) is 3.98. The lowest BCUT2D eigenvalue weighted by Gasteiger charge is -2.23. The molecule has 1 aliphatic heterocycles. The van der Waals surface area contributed by atoms with Crippen LogP contribution in [0.4, 0.5) is 0 Å². The number of ether oxygens (including phenoxy) is 2. The van der Waals surface area contributed by atoms with Crippen LogP contribution in [0, 0.1) is 0 Å². The molecule has 1 heterocycles. The highest BCUT2D eigenvalue weighted by Gasteiger charge is 2.29. The Morgan fingerprint density at radius 3 is 2.90 bits per heavy atom. The topological polar surface area (TPSA) is 21.7 Å². The highest BCUT2D eigenvalue weighted by atomic mass is 16.5. The third-order valence-corrected chi connectivity index (χ3v) is 5.10. The third-order valence-electron chi connectivity index (χ3n) is 5.10.